The van der Waals surface area contributed by atoms with E-state index in [2.05, 4.69) is 20.9 Å². The first kappa shape index (κ1) is 10.9. The molecule has 1 aliphatic heterocycles. The molecule has 0 spiro atoms. The molecule has 82 valence electrons. The second-order valence-corrected chi connectivity index (χ2v) is 4.53. The molecule has 1 unspecified atom stereocenters. The number of rotatable bonds is 4. The van der Waals surface area contributed by atoms with Gasteiger partial charge in [0.15, 0.2) is 0 Å². The summed E-state index contributed by atoms with van der Waals surface area (Å²) in [5.41, 5.74) is 0. The molecule has 4 heteroatoms. The van der Waals surface area contributed by atoms with Crippen LogP contribution in [0.15, 0.2) is 22.9 Å². The Morgan fingerprint density at radius 3 is 3.20 bits per heavy atom. The summed E-state index contributed by atoms with van der Waals surface area (Å²) in [6.07, 6.45) is 7.17. The maximum absolute atomic E-state index is 5.58. The van der Waals surface area contributed by atoms with Gasteiger partial charge in [0.05, 0.1) is 18.9 Å². The van der Waals surface area contributed by atoms with Gasteiger partial charge >= 0.3 is 0 Å². The highest BCUT2D eigenvalue weighted by atomic mass is 79.9. The normalized spacial score (nSPS) is 20.5. The molecule has 0 N–H and O–H groups in total. The monoisotopic (exact) mass is 271 g/mol. The Labute approximate surface area is 97.9 Å². The molecule has 3 nitrogen and oxygen atoms in total. The van der Waals surface area contributed by atoms with Gasteiger partial charge in [0.1, 0.15) is 5.75 Å². The smallest absolute Gasteiger partial charge is 0.138 e. The van der Waals surface area contributed by atoms with Gasteiger partial charge in [-0.2, -0.15) is 0 Å². The van der Waals surface area contributed by atoms with Crippen molar-refractivity contribution >= 4 is 15.9 Å². The Kier molecular flexibility index (Phi) is 3.97. The van der Waals surface area contributed by atoms with Crippen LogP contribution in [0.5, 0.6) is 5.75 Å². The fourth-order valence-electron chi connectivity index (χ4n) is 1.65. The summed E-state index contributed by atoms with van der Waals surface area (Å²) in [4.78, 5) is 4.03. The minimum Gasteiger partial charge on any atom is -0.492 e. The zero-order valence-corrected chi connectivity index (χ0v) is 10.1. The Bertz CT molecular complexity index is 313. The van der Waals surface area contributed by atoms with Crippen molar-refractivity contribution in [3.05, 3.63) is 22.9 Å². The lowest BCUT2D eigenvalue weighted by Crippen LogP contribution is -2.10. The van der Waals surface area contributed by atoms with Crippen molar-refractivity contribution in [3.8, 4) is 5.75 Å². The Morgan fingerprint density at radius 1 is 1.53 bits per heavy atom. The quantitative estimate of drug-likeness (QED) is 0.844. The molecule has 0 aliphatic carbocycles. The summed E-state index contributed by atoms with van der Waals surface area (Å²) < 4.78 is 12.0. The number of ether oxygens (including phenoxy) is 2. The number of hydrogen-bond acceptors (Lipinski definition) is 3. The van der Waals surface area contributed by atoms with Gasteiger partial charge in [0.2, 0.25) is 0 Å². The predicted molar refractivity (Wildman–Crippen MR) is 61.0 cm³/mol. The van der Waals surface area contributed by atoms with Crippen molar-refractivity contribution in [2.75, 3.05) is 13.2 Å². The van der Waals surface area contributed by atoms with Gasteiger partial charge in [-0.3, -0.25) is 4.98 Å². The molecule has 1 aromatic rings. The summed E-state index contributed by atoms with van der Waals surface area (Å²) in [6.45, 7) is 1.60. The Morgan fingerprint density at radius 2 is 2.47 bits per heavy atom. The SMILES string of the molecule is Brc1cncc(OCCC2CCCO2)c1. The first-order chi connectivity index (χ1) is 7.34. The molecule has 0 radical (unpaired) electrons. The molecule has 0 amide bonds. The van der Waals surface area contributed by atoms with E-state index in [1.807, 2.05) is 6.07 Å². The van der Waals surface area contributed by atoms with E-state index < -0.39 is 0 Å². The van der Waals surface area contributed by atoms with Gasteiger partial charge in [-0.15, -0.1) is 0 Å². The summed E-state index contributed by atoms with van der Waals surface area (Å²) in [5.74, 6) is 0.808. The molecular formula is C11H14BrNO2. The van der Waals surface area contributed by atoms with Crippen molar-refractivity contribution in [2.24, 2.45) is 0 Å². The maximum Gasteiger partial charge on any atom is 0.138 e. The fourth-order valence-corrected chi connectivity index (χ4v) is 2.00. The van der Waals surface area contributed by atoms with Gasteiger partial charge in [-0.05, 0) is 34.8 Å². The van der Waals surface area contributed by atoms with Crippen LogP contribution in [-0.2, 0) is 4.74 Å². The zero-order valence-electron chi connectivity index (χ0n) is 8.49. The average molecular weight is 272 g/mol. The van der Waals surface area contributed by atoms with Crippen LogP contribution in [0.3, 0.4) is 0 Å². The third kappa shape index (κ3) is 3.47. The lowest BCUT2D eigenvalue weighted by Gasteiger charge is -2.10. The molecule has 0 aromatic carbocycles. The van der Waals surface area contributed by atoms with Crippen molar-refractivity contribution < 1.29 is 9.47 Å². The number of hydrogen-bond donors (Lipinski definition) is 0. The van der Waals surface area contributed by atoms with Crippen LogP contribution in [0.4, 0.5) is 0 Å². The van der Waals surface area contributed by atoms with E-state index >= 15 is 0 Å². The maximum atomic E-state index is 5.58. The van der Waals surface area contributed by atoms with E-state index in [0.717, 1.165) is 23.2 Å². The summed E-state index contributed by atoms with van der Waals surface area (Å²) in [7, 11) is 0. The summed E-state index contributed by atoms with van der Waals surface area (Å²) in [6, 6.07) is 1.92. The second-order valence-electron chi connectivity index (χ2n) is 3.61. The minimum absolute atomic E-state index is 0.394. The lowest BCUT2D eigenvalue weighted by molar-refractivity contribution is 0.0903. The van der Waals surface area contributed by atoms with Crippen LogP contribution in [-0.4, -0.2) is 24.3 Å². The van der Waals surface area contributed by atoms with E-state index in [4.69, 9.17) is 9.47 Å². The standard InChI is InChI=1S/C11H14BrNO2/c12-9-6-11(8-13-7-9)15-5-3-10-2-1-4-14-10/h6-8,10H,1-5H2. The molecular weight excluding hydrogens is 258 g/mol. The van der Waals surface area contributed by atoms with Crippen LogP contribution in [0, 0.1) is 0 Å². The van der Waals surface area contributed by atoms with Crippen molar-refractivity contribution in [2.45, 2.75) is 25.4 Å². The van der Waals surface area contributed by atoms with Gasteiger partial charge in [-0.1, -0.05) is 0 Å². The number of aromatic nitrogens is 1. The highest BCUT2D eigenvalue weighted by Crippen LogP contribution is 2.18. The molecule has 0 bridgehead atoms. The van der Waals surface area contributed by atoms with E-state index in [-0.39, 0.29) is 0 Å². The van der Waals surface area contributed by atoms with Crippen molar-refractivity contribution in [1.29, 1.82) is 0 Å². The van der Waals surface area contributed by atoms with E-state index in [1.165, 1.54) is 12.8 Å². The molecule has 2 rings (SSSR count). The van der Waals surface area contributed by atoms with Gasteiger partial charge < -0.3 is 9.47 Å². The molecule has 1 saturated heterocycles. The van der Waals surface area contributed by atoms with E-state index in [9.17, 15) is 0 Å². The lowest BCUT2D eigenvalue weighted by atomic mass is 10.2. The highest BCUT2D eigenvalue weighted by Gasteiger charge is 2.14. The first-order valence-corrected chi connectivity index (χ1v) is 5.99. The molecule has 1 aromatic heterocycles. The molecule has 1 fully saturated rings. The van der Waals surface area contributed by atoms with Crippen molar-refractivity contribution in [1.82, 2.24) is 4.98 Å². The van der Waals surface area contributed by atoms with E-state index in [1.54, 1.807) is 12.4 Å². The average Bonchev–Trinajstić information content (AvgIpc) is 2.71. The van der Waals surface area contributed by atoms with Crippen LogP contribution < -0.4 is 4.74 Å². The Hall–Kier alpha value is -0.610. The zero-order chi connectivity index (χ0) is 10.5. The first-order valence-electron chi connectivity index (χ1n) is 5.19. The number of pyridine rings is 1. The summed E-state index contributed by atoms with van der Waals surface area (Å²) >= 11 is 3.35. The molecule has 2 heterocycles. The second kappa shape index (κ2) is 5.47. The molecule has 1 aliphatic rings. The highest BCUT2D eigenvalue weighted by molar-refractivity contribution is 9.10. The number of halogens is 1. The van der Waals surface area contributed by atoms with Crippen LogP contribution in [0.1, 0.15) is 19.3 Å². The summed E-state index contributed by atoms with van der Waals surface area (Å²) in [5, 5.41) is 0. The van der Waals surface area contributed by atoms with Gasteiger partial charge in [-0.25, -0.2) is 0 Å². The predicted octanol–water partition coefficient (Wildman–Crippen LogP) is 2.79. The van der Waals surface area contributed by atoms with Crippen LogP contribution in [0.25, 0.3) is 0 Å². The van der Waals surface area contributed by atoms with E-state index in [0.29, 0.717) is 12.7 Å². The fraction of sp³-hybridized carbons (Fsp3) is 0.545. The van der Waals surface area contributed by atoms with Gasteiger partial charge in [0, 0.05) is 23.7 Å². The van der Waals surface area contributed by atoms with Gasteiger partial charge in [0.25, 0.3) is 0 Å². The van der Waals surface area contributed by atoms with Crippen LogP contribution >= 0.6 is 15.9 Å². The minimum atomic E-state index is 0.394. The third-order valence-electron chi connectivity index (χ3n) is 2.41. The Balaban J connectivity index is 1.73. The van der Waals surface area contributed by atoms with Crippen LogP contribution in [0.2, 0.25) is 0 Å². The topological polar surface area (TPSA) is 31.4 Å². The molecule has 1 atom stereocenters. The third-order valence-corrected chi connectivity index (χ3v) is 2.85. The number of nitrogens with zero attached hydrogens (tertiary/aromatic N) is 1. The largest absolute Gasteiger partial charge is 0.492 e. The van der Waals surface area contributed by atoms with Crippen molar-refractivity contribution in [3.63, 3.8) is 0 Å². The molecule has 15 heavy (non-hydrogen) atoms. The molecule has 0 saturated carbocycles.